The molecule has 1 saturated carbocycles. The third-order valence-corrected chi connectivity index (χ3v) is 7.52. The predicted octanol–water partition coefficient (Wildman–Crippen LogP) is 5.78. The van der Waals surface area contributed by atoms with Crippen LogP contribution in [0.3, 0.4) is 0 Å². The highest BCUT2D eigenvalue weighted by Crippen LogP contribution is 2.53. The quantitative estimate of drug-likeness (QED) is 0.522. The fraction of sp³-hybridized carbons (Fsp3) is 0.464. The summed E-state index contributed by atoms with van der Waals surface area (Å²) in [6.07, 6.45) is 3.58. The van der Waals surface area contributed by atoms with Gasteiger partial charge in [0.2, 0.25) is 0 Å². The normalized spacial score (nSPS) is 24.3. The predicted molar refractivity (Wildman–Crippen MR) is 130 cm³/mol. The van der Waals surface area contributed by atoms with Gasteiger partial charge in [-0.1, -0.05) is 51.1 Å². The van der Waals surface area contributed by atoms with Gasteiger partial charge in [-0.2, -0.15) is 0 Å². The number of hydrogen-bond donors (Lipinski definition) is 2. The van der Waals surface area contributed by atoms with Gasteiger partial charge in [0.15, 0.2) is 0 Å². The second-order valence-corrected chi connectivity index (χ2v) is 11.3. The number of phenolic OH excluding ortho intramolecular Hbond substituents is 1. The van der Waals surface area contributed by atoms with Crippen molar-refractivity contribution in [3.8, 4) is 5.75 Å². The molecule has 1 aliphatic heterocycles. The molecule has 1 aliphatic carbocycles. The van der Waals surface area contributed by atoms with Gasteiger partial charge >= 0.3 is 0 Å². The zero-order valence-electron chi connectivity index (χ0n) is 20.1. The molecule has 0 unspecified atom stereocenters. The Morgan fingerprint density at radius 2 is 1.91 bits per heavy atom. The molecule has 1 saturated heterocycles. The first-order chi connectivity index (χ1) is 15.6. The van der Waals surface area contributed by atoms with Crippen LogP contribution in [-0.4, -0.2) is 28.5 Å². The topological polar surface area (TPSA) is 65.7 Å². The van der Waals surface area contributed by atoms with Crippen LogP contribution in [-0.2, 0) is 13.1 Å². The molecule has 2 aromatic carbocycles. The van der Waals surface area contributed by atoms with Crippen LogP contribution in [0.4, 0.5) is 0 Å². The largest absolute Gasteiger partial charge is 0.508 e. The van der Waals surface area contributed by atoms with Crippen LogP contribution in [0, 0.1) is 17.8 Å². The van der Waals surface area contributed by atoms with Gasteiger partial charge < -0.3 is 14.8 Å². The van der Waals surface area contributed by atoms with Crippen molar-refractivity contribution in [1.82, 2.24) is 10.2 Å². The van der Waals surface area contributed by atoms with Gasteiger partial charge in [-0.3, -0.25) is 9.69 Å². The first kappa shape index (κ1) is 22.0. The molecule has 2 fully saturated rings. The van der Waals surface area contributed by atoms with Gasteiger partial charge in [0.1, 0.15) is 17.1 Å². The number of hydrogen-bond acceptors (Lipinski definition) is 4. The third kappa shape index (κ3) is 4.15. The second-order valence-electron chi connectivity index (χ2n) is 11.3. The van der Waals surface area contributed by atoms with Crippen molar-refractivity contribution in [2.75, 3.05) is 6.54 Å². The van der Waals surface area contributed by atoms with Gasteiger partial charge in [0.25, 0.3) is 5.91 Å². The Morgan fingerprint density at radius 3 is 2.67 bits per heavy atom. The van der Waals surface area contributed by atoms with Gasteiger partial charge in [-0.15, -0.1) is 0 Å². The number of nitrogens with one attached hydrogen (secondary N) is 1. The Balaban J connectivity index is 1.47. The summed E-state index contributed by atoms with van der Waals surface area (Å²) >= 11 is 0. The van der Waals surface area contributed by atoms with Crippen molar-refractivity contribution in [1.29, 1.82) is 0 Å². The minimum Gasteiger partial charge on any atom is -0.508 e. The summed E-state index contributed by atoms with van der Waals surface area (Å²) in [4.78, 5) is 15.8. The van der Waals surface area contributed by atoms with E-state index in [0.29, 0.717) is 46.9 Å². The summed E-state index contributed by atoms with van der Waals surface area (Å²) in [5, 5.41) is 14.7. The molecule has 1 aromatic heterocycles. The first-order valence-corrected chi connectivity index (χ1v) is 11.9. The molecule has 3 aromatic rings. The lowest BCUT2D eigenvalue weighted by molar-refractivity contribution is 0.0950. The molecule has 5 heteroatoms. The number of fused-ring (bicyclic) bond motifs is 3. The van der Waals surface area contributed by atoms with E-state index in [-0.39, 0.29) is 11.7 Å². The molecule has 0 spiro atoms. The minimum atomic E-state index is -0.171. The zero-order valence-corrected chi connectivity index (χ0v) is 20.1. The number of furan rings is 1. The molecule has 5 rings (SSSR count). The van der Waals surface area contributed by atoms with Crippen LogP contribution in [0.2, 0.25) is 0 Å². The highest BCUT2D eigenvalue weighted by Gasteiger charge is 2.49. The van der Waals surface area contributed by atoms with Crippen molar-refractivity contribution in [2.45, 2.75) is 66.1 Å². The van der Waals surface area contributed by atoms with E-state index in [2.05, 4.69) is 31.0 Å². The fourth-order valence-corrected chi connectivity index (χ4v) is 6.63. The van der Waals surface area contributed by atoms with E-state index in [0.717, 1.165) is 29.5 Å². The molecule has 2 bridgehead atoms. The zero-order chi connectivity index (χ0) is 23.4. The molecule has 1 amide bonds. The van der Waals surface area contributed by atoms with Crippen LogP contribution in [0.5, 0.6) is 5.75 Å². The maximum absolute atomic E-state index is 13.3. The average molecular weight is 447 g/mol. The summed E-state index contributed by atoms with van der Waals surface area (Å²) in [5.41, 5.74) is 3.65. The minimum absolute atomic E-state index is 0.171. The fourth-order valence-electron chi connectivity index (χ4n) is 6.63. The van der Waals surface area contributed by atoms with E-state index in [1.54, 1.807) is 12.1 Å². The van der Waals surface area contributed by atoms with Crippen molar-refractivity contribution < 1.29 is 14.3 Å². The molecule has 2 N–H and O–H groups in total. The molecule has 2 aliphatic rings. The number of carbonyl (C=O) groups excluding carboxylic acids is 1. The van der Waals surface area contributed by atoms with Crippen LogP contribution >= 0.6 is 0 Å². The average Bonchev–Trinajstić information content (AvgIpc) is 3.20. The van der Waals surface area contributed by atoms with E-state index in [1.165, 1.54) is 12.8 Å². The lowest BCUT2D eigenvalue weighted by Gasteiger charge is -2.40. The number of benzene rings is 2. The lowest BCUT2D eigenvalue weighted by Crippen LogP contribution is -2.34. The Hall–Kier alpha value is -2.79. The summed E-state index contributed by atoms with van der Waals surface area (Å²) < 4.78 is 5.98. The number of amides is 1. The summed E-state index contributed by atoms with van der Waals surface area (Å²) in [7, 11) is 0. The highest BCUT2D eigenvalue weighted by molar-refractivity contribution is 6.08. The van der Waals surface area contributed by atoms with Crippen LogP contribution in [0.25, 0.3) is 11.0 Å². The monoisotopic (exact) mass is 446 g/mol. The second kappa shape index (κ2) is 7.91. The SMILES string of the molecule is Cc1oc2ccc(O)c(CN3C[C@]4(C)C[C@@H]3CC(C)(C)C4)c2c1C(=O)NCc1ccccc1. The lowest BCUT2D eigenvalue weighted by atomic mass is 9.65. The van der Waals surface area contributed by atoms with Crippen molar-refractivity contribution in [3.05, 3.63) is 64.9 Å². The molecule has 0 radical (unpaired) electrons. The van der Waals surface area contributed by atoms with Gasteiger partial charge in [0.05, 0.1) is 5.56 Å². The maximum atomic E-state index is 13.3. The Kier molecular flexibility index (Phi) is 5.28. The molecule has 33 heavy (non-hydrogen) atoms. The van der Waals surface area contributed by atoms with Crippen molar-refractivity contribution in [3.63, 3.8) is 0 Å². The summed E-state index contributed by atoms with van der Waals surface area (Å²) in [5.74, 6) is 0.636. The standard InChI is InChI=1S/C28H34N2O3/c1-18-24(26(32)29-14-19-8-6-5-7-9-19)25-21(22(31)10-11-23(25)33-18)15-30-17-28(4)13-20(30)12-27(2,3)16-28/h5-11,20,31H,12-17H2,1-4H3,(H,29,32)/t20-,28+/m0/s1. The number of rotatable bonds is 5. The van der Waals surface area contributed by atoms with Gasteiger partial charge in [-0.25, -0.2) is 0 Å². The van der Waals surface area contributed by atoms with E-state index in [4.69, 9.17) is 4.42 Å². The molecule has 2 atom stereocenters. The number of aromatic hydroxyl groups is 1. The third-order valence-electron chi connectivity index (χ3n) is 7.52. The number of phenols is 1. The van der Waals surface area contributed by atoms with Gasteiger partial charge in [-0.05, 0) is 54.7 Å². The van der Waals surface area contributed by atoms with E-state index < -0.39 is 0 Å². The van der Waals surface area contributed by atoms with E-state index in [1.807, 2.05) is 37.3 Å². The number of nitrogens with zero attached hydrogens (tertiary/aromatic N) is 1. The number of aryl methyl sites for hydroxylation is 1. The number of carbonyl (C=O) groups is 1. The van der Waals surface area contributed by atoms with Crippen molar-refractivity contribution >= 4 is 16.9 Å². The molecular weight excluding hydrogens is 412 g/mol. The van der Waals surface area contributed by atoms with Crippen LogP contribution < -0.4 is 5.32 Å². The van der Waals surface area contributed by atoms with E-state index in [9.17, 15) is 9.90 Å². The van der Waals surface area contributed by atoms with Crippen molar-refractivity contribution in [2.24, 2.45) is 10.8 Å². The Morgan fingerprint density at radius 1 is 1.15 bits per heavy atom. The summed E-state index contributed by atoms with van der Waals surface area (Å²) in [6, 6.07) is 13.8. The smallest absolute Gasteiger partial charge is 0.255 e. The van der Waals surface area contributed by atoms with Gasteiger partial charge in [0, 0.05) is 36.6 Å². The first-order valence-electron chi connectivity index (χ1n) is 11.9. The molecular formula is C28H34N2O3. The maximum Gasteiger partial charge on any atom is 0.255 e. The molecule has 2 heterocycles. The van der Waals surface area contributed by atoms with E-state index >= 15 is 0 Å². The molecule has 174 valence electrons. The molecule has 5 nitrogen and oxygen atoms in total. The number of likely N-dealkylation sites (tertiary alicyclic amines) is 1. The van der Waals surface area contributed by atoms with Crippen LogP contribution in [0.15, 0.2) is 46.9 Å². The summed E-state index contributed by atoms with van der Waals surface area (Å²) in [6.45, 7) is 11.0. The Bertz CT molecular complexity index is 1200. The van der Waals surface area contributed by atoms with Crippen LogP contribution in [0.1, 0.15) is 67.3 Å². The Labute approximate surface area is 195 Å². The highest BCUT2D eigenvalue weighted by atomic mass is 16.3.